The van der Waals surface area contributed by atoms with Crippen LogP contribution < -0.4 is 4.74 Å². The quantitative estimate of drug-likeness (QED) is 0.114. The summed E-state index contributed by atoms with van der Waals surface area (Å²) in [5.74, 6) is -0.496. The molecule has 33 heavy (non-hydrogen) atoms. The molecular formula is C27H32O6. The maximum atomic E-state index is 13.3. The van der Waals surface area contributed by atoms with Crippen LogP contribution in [0.15, 0.2) is 42.5 Å². The third-order valence-electron chi connectivity index (χ3n) is 5.11. The minimum atomic E-state index is -0.934. The van der Waals surface area contributed by atoms with Crippen LogP contribution in [0.25, 0.3) is 0 Å². The molecule has 0 heterocycles. The van der Waals surface area contributed by atoms with Crippen LogP contribution in [0.3, 0.4) is 0 Å². The molecule has 0 atom stereocenters. The molecular weight excluding hydrogens is 420 g/mol. The van der Waals surface area contributed by atoms with Gasteiger partial charge in [-0.2, -0.15) is 0 Å². The van der Waals surface area contributed by atoms with Crippen molar-refractivity contribution in [2.75, 3.05) is 6.61 Å². The number of ketones is 2. The van der Waals surface area contributed by atoms with Gasteiger partial charge < -0.3 is 9.47 Å². The number of aldehydes is 1. The fourth-order valence-electron chi connectivity index (χ4n) is 3.31. The van der Waals surface area contributed by atoms with E-state index in [0.717, 1.165) is 32.1 Å². The molecule has 2 aromatic rings. The summed E-state index contributed by atoms with van der Waals surface area (Å²) in [6.45, 7) is 6.09. The lowest BCUT2D eigenvalue weighted by Gasteiger charge is -2.13. The third kappa shape index (κ3) is 7.97. The van der Waals surface area contributed by atoms with Gasteiger partial charge in [0.15, 0.2) is 17.9 Å². The summed E-state index contributed by atoms with van der Waals surface area (Å²) in [6, 6.07) is 10.8. The third-order valence-corrected chi connectivity index (χ3v) is 5.11. The lowest BCUT2D eigenvalue weighted by atomic mass is 9.95. The highest BCUT2D eigenvalue weighted by Crippen LogP contribution is 2.26. The van der Waals surface area contributed by atoms with E-state index in [2.05, 4.69) is 6.92 Å². The van der Waals surface area contributed by atoms with Gasteiger partial charge in [-0.25, -0.2) is 4.79 Å². The van der Waals surface area contributed by atoms with Gasteiger partial charge in [0, 0.05) is 23.1 Å². The Bertz CT molecular complexity index is 976. The molecule has 0 aliphatic heterocycles. The second kappa shape index (κ2) is 13.3. The number of hydrogen-bond donors (Lipinski definition) is 0. The van der Waals surface area contributed by atoms with E-state index in [1.54, 1.807) is 18.2 Å². The van der Waals surface area contributed by atoms with Gasteiger partial charge in [-0.1, -0.05) is 70.7 Å². The number of carbonyl (C=O) groups excluding carboxylic acids is 4. The maximum absolute atomic E-state index is 13.3. The van der Waals surface area contributed by atoms with Crippen molar-refractivity contribution in [3.8, 4) is 5.75 Å². The molecule has 0 aliphatic rings. The zero-order valence-corrected chi connectivity index (χ0v) is 19.6. The molecule has 0 aromatic heterocycles. The summed E-state index contributed by atoms with van der Waals surface area (Å²) in [7, 11) is 0. The first kappa shape index (κ1) is 26.0. The van der Waals surface area contributed by atoms with Crippen LogP contribution in [-0.2, 0) is 4.74 Å². The highest BCUT2D eigenvalue weighted by molar-refractivity contribution is 6.15. The summed E-state index contributed by atoms with van der Waals surface area (Å²) in [5, 5.41) is 0. The molecule has 0 spiro atoms. The Morgan fingerprint density at radius 1 is 0.939 bits per heavy atom. The average molecular weight is 453 g/mol. The summed E-state index contributed by atoms with van der Waals surface area (Å²) in [5.41, 5.74) is 0.767. The summed E-state index contributed by atoms with van der Waals surface area (Å²) >= 11 is 0. The van der Waals surface area contributed by atoms with Crippen LogP contribution in [0.2, 0.25) is 0 Å². The second-order valence-electron chi connectivity index (χ2n) is 8.39. The Morgan fingerprint density at radius 3 is 2.36 bits per heavy atom. The van der Waals surface area contributed by atoms with Crippen LogP contribution in [0.5, 0.6) is 5.75 Å². The van der Waals surface area contributed by atoms with Crippen molar-refractivity contribution in [2.24, 2.45) is 5.92 Å². The van der Waals surface area contributed by atoms with Crippen molar-refractivity contribution in [3.05, 3.63) is 64.7 Å². The molecule has 0 saturated carbocycles. The van der Waals surface area contributed by atoms with Crippen molar-refractivity contribution in [1.82, 2.24) is 0 Å². The van der Waals surface area contributed by atoms with Gasteiger partial charge >= 0.3 is 6.16 Å². The number of ether oxygens (including phenoxy) is 2. The predicted octanol–water partition coefficient (Wildman–Crippen LogP) is 6.44. The number of carbonyl (C=O) groups is 4. The lowest BCUT2D eigenvalue weighted by Crippen LogP contribution is -2.17. The SMILES string of the molecule is CCCCCCCC(=O)c1ccc(OC(=O)OCC(C)C)c(C(=O)c2ccccc2C=O)c1. The normalized spacial score (nSPS) is 10.7. The minimum Gasteiger partial charge on any atom is -0.434 e. The van der Waals surface area contributed by atoms with Gasteiger partial charge in [-0.3, -0.25) is 14.4 Å². The molecule has 2 rings (SSSR count). The van der Waals surface area contributed by atoms with Gasteiger partial charge in [-0.05, 0) is 30.5 Å². The number of hydrogen-bond acceptors (Lipinski definition) is 6. The molecule has 0 aliphatic carbocycles. The van der Waals surface area contributed by atoms with Crippen molar-refractivity contribution >= 4 is 24.0 Å². The molecule has 2 aromatic carbocycles. The van der Waals surface area contributed by atoms with Gasteiger partial charge in [0.1, 0.15) is 5.75 Å². The van der Waals surface area contributed by atoms with Gasteiger partial charge in [-0.15, -0.1) is 0 Å². The van der Waals surface area contributed by atoms with Crippen molar-refractivity contribution in [3.63, 3.8) is 0 Å². The Balaban J connectivity index is 2.31. The van der Waals surface area contributed by atoms with Crippen LogP contribution >= 0.6 is 0 Å². The monoisotopic (exact) mass is 452 g/mol. The number of rotatable bonds is 13. The summed E-state index contributed by atoms with van der Waals surface area (Å²) < 4.78 is 10.4. The number of benzene rings is 2. The zero-order chi connectivity index (χ0) is 24.2. The van der Waals surface area contributed by atoms with E-state index in [4.69, 9.17) is 9.47 Å². The Morgan fingerprint density at radius 2 is 1.67 bits per heavy atom. The van der Waals surface area contributed by atoms with Crippen LogP contribution in [-0.4, -0.2) is 30.6 Å². The Hall–Kier alpha value is -3.28. The molecule has 0 N–H and O–H groups in total. The van der Waals surface area contributed by atoms with E-state index in [-0.39, 0.29) is 40.7 Å². The van der Waals surface area contributed by atoms with Gasteiger partial charge in [0.25, 0.3) is 0 Å². The minimum absolute atomic E-state index is 0.0195. The van der Waals surface area contributed by atoms with E-state index in [1.807, 2.05) is 13.8 Å². The molecule has 0 bridgehead atoms. The first-order valence-corrected chi connectivity index (χ1v) is 11.5. The topological polar surface area (TPSA) is 86.7 Å². The fraction of sp³-hybridized carbons (Fsp3) is 0.407. The highest BCUT2D eigenvalue weighted by Gasteiger charge is 2.22. The van der Waals surface area contributed by atoms with E-state index in [1.165, 1.54) is 24.3 Å². The summed E-state index contributed by atoms with van der Waals surface area (Å²) in [6.07, 6.45) is 5.13. The Kier molecular flexibility index (Phi) is 10.5. The molecule has 0 amide bonds. The van der Waals surface area contributed by atoms with E-state index in [9.17, 15) is 19.2 Å². The molecule has 0 saturated heterocycles. The first-order valence-electron chi connectivity index (χ1n) is 11.5. The smallest absolute Gasteiger partial charge is 0.434 e. The fourth-order valence-corrected chi connectivity index (χ4v) is 3.31. The van der Waals surface area contributed by atoms with Crippen molar-refractivity contribution in [1.29, 1.82) is 0 Å². The van der Waals surface area contributed by atoms with Crippen LogP contribution in [0.1, 0.15) is 95.9 Å². The second-order valence-corrected chi connectivity index (χ2v) is 8.39. The highest BCUT2D eigenvalue weighted by atomic mass is 16.7. The molecule has 6 heteroatoms. The van der Waals surface area contributed by atoms with Crippen LogP contribution in [0, 0.1) is 5.92 Å². The molecule has 176 valence electrons. The summed E-state index contributed by atoms with van der Waals surface area (Å²) in [4.78, 5) is 49.6. The molecule has 0 radical (unpaired) electrons. The first-order chi connectivity index (χ1) is 15.9. The van der Waals surface area contributed by atoms with Gasteiger partial charge in [0.2, 0.25) is 0 Å². The maximum Gasteiger partial charge on any atom is 0.513 e. The van der Waals surface area contributed by atoms with E-state index < -0.39 is 11.9 Å². The van der Waals surface area contributed by atoms with E-state index in [0.29, 0.717) is 18.3 Å². The predicted molar refractivity (Wildman–Crippen MR) is 126 cm³/mol. The average Bonchev–Trinajstić information content (AvgIpc) is 2.82. The van der Waals surface area contributed by atoms with Crippen molar-refractivity contribution in [2.45, 2.75) is 59.3 Å². The molecule has 0 fully saturated rings. The molecule has 6 nitrogen and oxygen atoms in total. The van der Waals surface area contributed by atoms with Crippen LogP contribution in [0.4, 0.5) is 4.79 Å². The Labute approximate surface area is 195 Å². The largest absolute Gasteiger partial charge is 0.513 e. The number of Topliss-reactive ketones (excluding diaryl/α,β-unsaturated/α-hetero) is 1. The van der Waals surface area contributed by atoms with E-state index >= 15 is 0 Å². The number of unbranched alkanes of at least 4 members (excludes halogenated alkanes) is 4. The van der Waals surface area contributed by atoms with Crippen molar-refractivity contribution < 1.29 is 28.7 Å². The van der Waals surface area contributed by atoms with Gasteiger partial charge in [0.05, 0.1) is 12.2 Å². The lowest BCUT2D eigenvalue weighted by molar-refractivity contribution is 0.0877. The standard InChI is InChI=1S/C27H32O6/c1-4-5-6-7-8-13-24(29)20-14-15-25(33-27(31)32-18-19(2)3)23(16-20)26(30)22-12-10-9-11-21(22)17-28/h9-12,14-17,19H,4-8,13,18H2,1-3H3. The zero-order valence-electron chi connectivity index (χ0n) is 19.6. The molecule has 0 unspecified atom stereocenters.